The van der Waals surface area contributed by atoms with E-state index in [1.54, 1.807) is 47.4 Å². The van der Waals surface area contributed by atoms with Crippen LogP contribution in [0.2, 0.25) is 0 Å². The van der Waals surface area contributed by atoms with Gasteiger partial charge in [0, 0.05) is 23.4 Å². The van der Waals surface area contributed by atoms with Crippen LogP contribution in [-0.4, -0.2) is 47.5 Å². The number of anilines is 1. The molecule has 1 aromatic heterocycles. The molecule has 50 heavy (non-hydrogen) atoms. The van der Waals surface area contributed by atoms with Gasteiger partial charge < -0.3 is 19.9 Å². The molecule has 4 atom stereocenters. The van der Waals surface area contributed by atoms with E-state index in [0.717, 1.165) is 37.2 Å². The Kier molecular flexibility index (Phi) is 11.7. The van der Waals surface area contributed by atoms with E-state index in [2.05, 4.69) is 20.2 Å². The van der Waals surface area contributed by atoms with E-state index < -0.39 is 28.3 Å². The molecule has 13 heteroatoms. The van der Waals surface area contributed by atoms with Crippen molar-refractivity contribution in [2.75, 3.05) is 11.1 Å². The molecule has 1 aliphatic heterocycles. The lowest BCUT2D eigenvalue weighted by Crippen LogP contribution is -2.45. The number of hydrogen-bond acceptors (Lipinski definition) is 10. The Bertz CT molecular complexity index is 1970. The van der Waals surface area contributed by atoms with Gasteiger partial charge in [0.2, 0.25) is 15.9 Å². The van der Waals surface area contributed by atoms with Gasteiger partial charge in [-0.15, -0.1) is 10.2 Å². The van der Waals surface area contributed by atoms with Crippen molar-refractivity contribution < 1.29 is 27.8 Å². The maximum Gasteiger partial charge on any atom is 0.242 e. The highest BCUT2D eigenvalue weighted by Gasteiger charge is 2.33. The van der Waals surface area contributed by atoms with Crippen LogP contribution < -0.4 is 10.0 Å². The summed E-state index contributed by atoms with van der Waals surface area (Å²) < 4.78 is 43.0. The molecule has 0 radical (unpaired) electrons. The molecular weight excluding hydrogens is 693 g/mol. The van der Waals surface area contributed by atoms with E-state index in [-0.39, 0.29) is 30.1 Å². The lowest BCUT2D eigenvalue weighted by molar-refractivity contribution is -0.245. The largest absolute Gasteiger partial charge is 0.392 e. The van der Waals surface area contributed by atoms with E-state index in [0.29, 0.717) is 17.9 Å². The first-order chi connectivity index (χ1) is 24.1. The number of thioether (sulfide) groups is 1. The Morgan fingerprint density at radius 1 is 0.900 bits per heavy atom. The van der Waals surface area contributed by atoms with Gasteiger partial charge in [-0.05, 0) is 61.2 Å². The van der Waals surface area contributed by atoms with Crippen LogP contribution in [0.1, 0.15) is 51.6 Å². The number of aliphatic hydroxyl groups excluding tert-OH is 1. The fraction of sp³-hybridized carbons (Fsp3) is 0.270. The number of aromatic nitrogens is 2. The average Bonchev–Trinajstić information content (AvgIpc) is 3.56. The normalized spacial score (nSPS) is 18.4. The highest BCUT2D eigenvalue weighted by atomic mass is 32.2. The van der Waals surface area contributed by atoms with E-state index in [4.69, 9.17) is 9.47 Å². The van der Waals surface area contributed by atoms with Crippen molar-refractivity contribution in [3.05, 3.63) is 136 Å². The summed E-state index contributed by atoms with van der Waals surface area (Å²) in [6, 6.07) is 29.6. The minimum atomic E-state index is -3.98. The number of benzene rings is 4. The van der Waals surface area contributed by atoms with Crippen molar-refractivity contribution in [1.29, 1.82) is 0 Å². The Morgan fingerprint density at radius 3 is 2.26 bits per heavy atom. The van der Waals surface area contributed by atoms with Crippen molar-refractivity contribution in [2.45, 2.75) is 67.1 Å². The van der Waals surface area contributed by atoms with Gasteiger partial charge in [-0.1, -0.05) is 108 Å². The molecule has 0 spiro atoms. The van der Waals surface area contributed by atoms with Crippen LogP contribution >= 0.6 is 23.1 Å². The average molecular weight is 731 g/mol. The van der Waals surface area contributed by atoms with Crippen molar-refractivity contribution in [2.24, 2.45) is 0 Å². The minimum absolute atomic E-state index is 0.0351. The molecule has 1 amide bonds. The molecule has 1 fully saturated rings. The molecule has 6 rings (SSSR count). The molecule has 0 bridgehead atoms. The first-order valence-electron chi connectivity index (χ1n) is 16.1. The topological polar surface area (TPSA) is 140 Å². The van der Waals surface area contributed by atoms with Crippen molar-refractivity contribution >= 4 is 44.7 Å². The fourth-order valence-electron chi connectivity index (χ4n) is 5.49. The van der Waals surface area contributed by atoms with Gasteiger partial charge in [-0.2, -0.15) is 4.72 Å². The zero-order valence-electron chi connectivity index (χ0n) is 27.6. The molecule has 0 saturated carbocycles. The monoisotopic (exact) mass is 730 g/mol. The van der Waals surface area contributed by atoms with Gasteiger partial charge in [-0.25, -0.2) is 8.42 Å². The zero-order chi connectivity index (χ0) is 35.1. The van der Waals surface area contributed by atoms with E-state index in [9.17, 15) is 18.3 Å². The van der Waals surface area contributed by atoms with Crippen LogP contribution in [0.5, 0.6) is 0 Å². The van der Waals surface area contributed by atoms with Gasteiger partial charge in [0.25, 0.3) is 0 Å². The van der Waals surface area contributed by atoms with Gasteiger partial charge >= 0.3 is 0 Å². The van der Waals surface area contributed by atoms with E-state index >= 15 is 0 Å². The molecule has 0 unspecified atom stereocenters. The molecule has 4 aromatic carbocycles. The van der Waals surface area contributed by atoms with Crippen molar-refractivity contribution in [3.63, 3.8) is 0 Å². The van der Waals surface area contributed by atoms with Crippen molar-refractivity contribution in [1.82, 2.24) is 14.9 Å². The summed E-state index contributed by atoms with van der Waals surface area (Å²) >= 11 is 3.14. The number of carbonyl (C=O) groups is 1. The van der Waals surface area contributed by atoms with Crippen LogP contribution in [0.15, 0.2) is 112 Å². The molecule has 2 heterocycles. The third-order valence-corrected chi connectivity index (χ3v) is 11.8. The Hall–Kier alpha value is -3.95. The summed E-state index contributed by atoms with van der Waals surface area (Å²) in [4.78, 5) is 13.7. The number of amides is 1. The molecule has 3 N–H and O–H groups in total. The van der Waals surface area contributed by atoms with Gasteiger partial charge in [0.05, 0.1) is 23.7 Å². The highest BCUT2D eigenvalue weighted by Crippen LogP contribution is 2.40. The second kappa shape index (κ2) is 16.4. The SMILES string of the molecule is Cc1ccc(S(=O)(=O)N[C@H](Cc2ccccc2)C(=O)Nc2ccc([C@@H]3O[C@H](CSc4nnc(C)s4)C[C@H](c4ccc(CO)cc4)O3)cc2)cc1. The summed E-state index contributed by atoms with van der Waals surface area (Å²) in [6.07, 6.45) is -0.274. The lowest BCUT2D eigenvalue weighted by Gasteiger charge is -2.36. The van der Waals surface area contributed by atoms with Crippen LogP contribution in [0.3, 0.4) is 0 Å². The number of aryl methyl sites for hydroxylation is 2. The smallest absolute Gasteiger partial charge is 0.242 e. The zero-order valence-corrected chi connectivity index (χ0v) is 30.0. The number of sulfonamides is 1. The molecule has 0 aliphatic carbocycles. The summed E-state index contributed by atoms with van der Waals surface area (Å²) in [5.41, 5.74) is 4.82. The number of nitrogens with zero attached hydrogens (tertiary/aromatic N) is 2. The summed E-state index contributed by atoms with van der Waals surface area (Å²) in [7, 11) is -3.98. The predicted octanol–water partition coefficient (Wildman–Crippen LogP) is 6.51. The number of carbonyl (C=O) groups excluding carboxylic acids is 1. The number of hydrogen-bond donors (Lipinski definition) is 3. The number of aliphatic hydroxyl groups is 1. The van der Waals surface area contributed by atoms with Crippen LogP contribution in [0.4, 0.5) is 5.69 Å². The van der Waals surface area contributed by atoms with Crippen molar-refractivity contribution in [3.8, 4) is 0 Å². The first kappa shape index (κ1) is 35.9. The fourth-order valence-corrected chi connectivity index (χ4v) is 8.54. The first-order valence-corrected chi connectivity index (χ1v) is 19.4. The molecule has 10 nitrogen and oxygen atoms in total. The Balaban J connectivity index is 1.17. The minimum Gasteiger partial charge on any atom is -0.392 e. The number of ether oxygens (including phenoxy) is 2. The summed E-state index contributed by atoms with van der Waals surface area (Å²) in [5, 5.41) is 21.6. The Labute approximate surface area is 300 Å². The molecule has 1 aliphatic rings. The van der Waals surface area contributed by atoms with E-state index in [1.165, 1.54) is 12.1 Å². The summed E-state index contributed by atoms with van der Waals surface area (Å²) in [6.45, 7) is 3.77. The van der Waals surface area contributed by atoms with Gasteiger partial charge in [0.15, 0.2) is 10.6 Å². The predicted molar refractivity (Wildman–Crippen MR) is 194 cm³/mol. The van der Waals surface area contributed by atoms with Crippen LogP contribution in [0, 0.1) is 13.8 Å². The maximum absolute atomic E-state index is 13.6. The van der Waals surface area contributed by atoms with E-state index in [1.807, 2.05) is 80.6 Å². The van der Waals surface area contributed by atoms with Crippen LogP contribution in [0.25, 0.3) is 0 Å². The third-order valence-electron chi connectivity index (χ3n) is 8.19. The van der Waals surface area contributed by atoms with Gasteiger partial charge in [0.1, 0.15) is 11.0 Å². The maximum atomic E-state index is 13.6. The number of nitrogens with one attached hydrogen (secondary N) is 2. The molecule has 1 saturated heterocycles. The quantitative estimate of drug-likeness (QED) is 0.116. The molecular formula is C37H38N4O6S3. The standard InChI is InChI=1S/C37H38N4O6S3/c1-24-8-18-32(19-9-24)50(44,45)41-33(20-26-6-4-3-5-7-26)35(43)38-30-16-14-29(15-17-30)36-46-31(23-48-37-40-39-25(2)49-37)21-34(47-36)28-12-10-27(22-42)11-13-28/h3-19,31,33-34,36,41-42H,20-23H2,1-2H3,(H,38,43)/t31-,33+,34+,36+/m0/s1. The molecule has 260 valence electrons. The van der Waals surface area contributed by atoms with Crippen LogP contribution in [-0.2, 0) is 37.3 Å². The van der Waals surface area contributed by atoms with Gasteiger partial charge in [-0.3, -0.25) is 4.79 Å². The molecule has 5 aromatic rings. The third kappa shape index (κ3) is 9.43. The Morgan fingerprint density at radius 2 is 1.60 bits per heavy atom. The number of rotatable bonds is 13. The second-order valence-corrected chi connectivity index (χ2v) is 16.2. The lowest BCUT2D eigenvalue weighted by atomic mass is 10.0. The highest BCUT2D eigenvalue weighted by molar-refractivity contribution is 8.01. The second-order valence-electron chi connectivity index (χ2n) is 12.0. The summed E-state index contributed by atoms with van der Waals surface area (Å²) in [5.74, 6) is 0.174.